The summed E-state index contributed by atoms with van der Waals surface area (Å²) in [5.74, 6) is -1.10. The fourth-order valence-electron chi connectivity index (χ4n) is 4.00. The predicted molar refractivity (Wildman–Crippen MR) is 130 cm³/mol. The van der Waals surface area contributed by atoms with Gasteiger partial charge in [0.25, 0.3) is 5.91 Å². The van der Waals surface area contributed by atoms with E-state index in [1.807, 2.05) is 19.9 Å². The molecule has 1 aliphatic heterocycles. The summed E-state index contributed by atoms with van der Waals surface area (Å²) in [7, 11) is -3.79. The van der Waals surface area contributed by atoms with Crippen LogP contribution < -0.4 is 9.08 Å². The summed E-state index contributed by atoms with van der Waals surface area (Å²) in [6.45, 7) is 7.96. The number of benzene rings is 2. The average molecular weight is 493 g/mol. The van der Waals surface area contributed by atoms with Crippen molar-refractivity contribution in [2.24, 2.45) is 0 Å². The second-order valence-electron chi connectivity index (χ2n) is 8.19. The normalized spacial score (nSPS) is 15.8. The zero-order chi connectivity index (χ0) is 24.7. The highest BCUT2D eigenvalue weighted by Gasteiger charge is 2.27. The number of hydrogen-bond acceptors (Lipinski definition) is 6. The number of hydrogen-bond donors (Lipinski definition) is 0. The Morgan fingerprint density at radius 2 is 1.88 bits per heavy atom. The van der Waals surface area contributed by atoms with Crippen LogP contribution in [0.3, 0.4) is 0 Å². The van der Waals surface area contributed by atoms with E-state index in [2.05, 4.69) is 4.90 Å². The molecule has 0 spiro atoms. The molecule has 0 aromatic heterocycles. The van der Waals surface area contributed by atoms with Gasteiger partial charge in [-0.15, -0.1) is 0 Å². The third kappa shape index (κ3) is 6.48. The number of halogens is 1. The molecule has 0 aliphatic carbocycles. The lowest BCUT2D eigenvalue weighted by Gasteiger charge is -2.27. The van der Waals surface area contributed by atoms with Gasteiger partial charge < -0.3 is 18.7 Å². The maximum Gasteiger partial charge on any atom is 0.308 e. The third-order valence-electron chi connectivity index (χ3n) is 5.95. The summed E-state index contributed by atoms with van der Waals surface area (Å²) < 4.78 is 50.2. The van der Waals surface area contributed by atoms with Crippen molar-refractivity contribution in [3.63, 3.8) is 0 Å². The summed E-state index contributed by atoms with van der Waals surface area (Å²) in [6.07, 6.45) is 1.54. The van der Waals surface area contributed by atoms with Crippen LogP contribution in [0.15, 0.2) is 42.5 Å². The number of ether oxygens (including phenoxy) is 1. The highest BCUT2D eigenvalue weighted by molar-refractivity contribution is 7.87. The van der Waals surface area contributed by atoms with Gasteiger partial charge in [0, 0.05) is 50.1 Å². The molecule has 186 valence electrons. The van der Waals surface area contributed by atoms with Gasteiger partial charge in [-0.2, -0.15) is 8.42 Å². The summed E-state index contributed by atoms with van der Waals surface area (Å²) in [6, 6.07) is 11.2. The van der Waals surface area contributed by atoms with Crippen LogP contribution in [0.4, 0.5) is 10.1 Å². The van der Waals surface area contributed by atoms with Gasteiger partial charge in [-0.1, -0.05) is 18.2 Å². The average Bonchev–Trinajstić information content (AvgIpc) is 3.34. The van der Waals surface area contributed by atoms with Gasteiger partial charge in [0.2, 0.25) is 0 Å². The molecule has 7 nitrogen and oxygen atoms in total. The Bertz CT molecular complexity index is 1080. The van der Waals surface area contributed by atoms with Gasteiger partial charge in [-0.3, -0.25) is 4.79 Å². The Hall–Kier alpha value is -2.65. The fraction of sp³-hybridized carbons (Fsp3) is 0.480. The maximum absolute atomic E-state index is 14.4. The van der Waals surface area contributed by atoms with Crippen molar-refractivity contribution in [2.75, 3.05) is 36.9 Å². The highest BCUT2D eigenvalue weighted by atomic mass is 32.2. The smallest absolute Gasteiger partial charge is 0.308 e. The minimum absolute atomic E-state index is 0.0380. The Labute approximate surface area is 201 Å². The number of anilines is 1. The Morgan fingerprint density at radius 1 is 1.15 bits per heavy atom. The first kappa shape index (κ1) is 26.0. The van der Waals surface area contributed by atoms with Crippen LogP contribution in [0, 0.1) is 5.82 Å². The summed E-state index contributed by atoms with van der Waals surface area (Å²) in [5.41, 5.74) is 1.31. The van der Waals surface area contributed by atoms with Crippen LogP contribution in [0.5, 0.6) is 5.75 Å². The van der Waals surface area contributed by atoms with Gasteiger partial charge in [0.15, 0.2) is 0 Å². The molecule has 2 aromatic rings. The van der Waals surface area contributed by atoms with Crippen LogP contribution in [0.1, 0.15) is 49.5 Å². The highest BCUT2D eigenvalue weighted by Crippen LogP contribution is 2.29. The minimum atomic E-state index is -3.79. The number of carbonyl (C=O) groups excluding carboxylic acids is 1. The molecule has 9 heteroatoms. The summed E-state index contributed by atoms with van der Waals surface area (Å²) in [4.78, 5) is 16.9. The van der Waals surface area contributed by atoms with Crippen LogP contribution >= 0.6 is 0 Å². The van der Waals surface area contributed by atoms with Gasteiger partial charge >= 0.3 is 10.1 Å². The molecule has 0 saturated carbocycles. The van der Waals surface area contributed by atoms with E-state index in [4.69, 9.17) is 8.92 Å². The first-order valence-corrected chi connectivity index (χ1v) is 13.3. The minimum Gasteiger partial charge on any atom is -0.382 e. The molecule has 0 radical (unpaired) electrons. The molecule has 2 aromatic carbocycles. The Balaban J connectivity index is 1.99. The molecule has 1 saturated heterocycles. The molecule has 1 aliphatic rings. The van der Waals surface area contributed by atoms with E-state index in [1.165, 1.54) is 30.0 Å². The van der Waals surface area contributed by atoms with Gasteiger partial charge in [-0.25, -0.2) is 4.39 Å². The number of amides is 1. The van der Waals surface area contributed by atoms with Crippen LogP contribution in [-0.4, -0.2) is 57.3 Å². The molecule has 3 rings (SSSR count). The topological polar surface area (TPSA) is 76.2 Å². The molecule has 1 heterocycles. The lowest BCUT2D eigenvalue weighted by Crippen LogP contribution is -2.37. The molecular formula is C25H33FN2O5S. The maximum atomic E-state index is 14.4. The first-order chi connectivity index (χ1) is 16.3. The number of rotatable bonds is 11. The van der Waals surface area contributed by atoms with E-state index >= 15 is 0 Å². The van der Waals surface area contributed by atoms with Crippen LogP contribution in [-0.2, 0) is 21.4 Å². The molecule has 34 heavy (non-hydrogen) atoms. The first-order valence-electron chi connectivity index (χ1n) is 11.7. The lowest BCUT2D eigenvalue weighted by molar-refractivity contribution is 0.0503. The molecule has 0 bridgehead atoms. The van der Waals surface area contributed by atoms with E-state index in [0.717, 1.165) is 31.6 Å². The van der Waals surface area contributed by atoms with E-state index in [-0.39, 0.29) is 36.3 Å². The van der Waals surface area contributed by atoms with Crippen LogP contribution in [0.2, 0.25) is 0 Å². The molecule has 1 fully saturated rings. The monoisotopic (exact) mass is 492 g/mol. The molecule has 0 N–H and O–H groups in total. The van der Waals surface area contributed by atoms with Crippen molar-refractivity contribution in [1.29, 1.82) is 0 Å². The quantitative estimate of drug-likeness (QED) is 0.437. The molecule has 1 atom stereocenters. The summed E-state index contributed by atoms with van der Waals surface area (Å²) >= 11 is 0. The van der Waals surface area contributed by atoms with Crippen molar-refractivity contribution in [3.05, 3.63) is 59.4 Å². The molecule has 1 unspecified atom stereocenters. The van der Waals surface area contributed by atoms with E-state index in [0.29, 0.717) is 12.2 Å². The van der Waals surface area contributed by atoms with E-state index in [9.17, 15) is 17.6 Å². The zero-order valence-electron chi connectivity index (χ0n) is 20.0. The van der Waals surface area contributed by atoms with E-state index < -0.39 is 21.8 Å². The van der Waals surface area contributed by atoms with Gasteiger partial charge in [-0.05, 0) is 51.8 Å². The molecule has 1 amide bonds. The lowest BCUT2D eigenvalue weighted by atomic mass is 10.1. The van der Waals surface area contributed by atoms with Crippen molar-refractivity contribution < 1.29 is 26.5 Å². The second kappa shape index (κ2) is 11.7. The second-order valence-corrected chi connectivity index (χ2v) is 10.1. The molecular weight excluding hydrogens is 459 g/mol. The summed E-state index contributed by atoms with van der Waals surface area (Å²) in [5, 5.41) is 0. The largest absolute Gasteiger partial charge is 0.382 e. The zero-order valence-corrected chi connectivity index (χ0v) is 20.8. The van der Waals surface area contributed by atoms with Crippen LogP contribution in [0.25, 0.3) is 0 Å². The SMILES string of the molecule is CCN(CC)c1ccc(CN(CC2CCCO2)C(=O)c2ccccc2F)c(OS(=O)(=O)CC)c1. The third-order valence-corrected chi connectivity index (χ3v) is 7.09. The number of nitrogens with zero attached hydrogens (tertiary/aromatic N) is 2. The Morgan fingerprint density at radius 3 is 2.50 bits per heavy atom. The Kier molecular flexibility index (Phi) is 8.90. The van der Waals surface area contributed by atoms with E-state index in [1.54, 1.807) is 18.2 Å². The standard InChI is InChI=1S/C25H33FN2O5S/c1-4-27(5-2)20-14-13-19(24(16-20)33-34(30,31)6-3)17-28(18-21-10-9-15-32-21)25(29)22-11-7-8-12-23(22)26/h7-8,11-14,16,21H,4-6,9-10,15,17-18H2,1-3H3. The fourth-order valence-corrected chi connectivity index (χ4v) is 4.54. The predicted octanol–water partition coefficient (Wildman–Crippen LogP) is 4.22. The van der Waals surface area contributed by atoms with Gasteiger partial charge in [0.05, 0.1) is 17.4 Å². The van der Waals surface area contributed by atoms with Crippen molar-refractivity contribution in [3.8, 4) is 5.75 Å². The van der Waals surface area contributed by atoms with Crippen molar-refractivity contribution in [2.45, 2.75) is 46.3 Å². The number of carbonyl (C=O) groups is 1. The van der Waals surface area contributed by atoms with Gasteiger partial charge in [0.1, 0.15) is 11.6 Å². The van der Waals surface area contributed by atoms with Crippen molar-refractivity contribution >= 4 is 21.7 Å². The van der Waals surface area contributed by atoms with Crippen molar-refractivity contribution in [1.82, 2.24) is 4.90 Å².